The maximum absolute atomic E-state index is 10.5. The van der Waals surface area contributed by atoms with Crippen molar-refractivity contribution in [3.05, 3.63) is 11.5 Å². The molecule has 1 saturated heterocycles. The average molecular weight is 357 g/mol. The van der Waals surface area contributed by atoms with Crippen LogP contribution in [0.2, 0.25) is 0 Å². The predicted octanol–water partition coefficient (Wildman–Crippen LogP) is 5.89. The zero-order chi connectivity index (χ0) is 17.5. The Labute approximate surface area is 152 Å². The summed E-state index contributed by atoms with van der Waals surface area (Å²) in [5, 5.41) is 10.9. The van der Waals surface area contributed by atoms with Crippen LogP contribution in [0.25, 0.3) is 0 Å². The number of carboxylic acids is 1. The molecule has 0 aromatic rings. The first kappa shape index (κ1) is 21.6. The number of rotatable bonds is 15. The molecule has 3 nitrogen and oxygen atoms in total. The standard InChI is InChI=1S/C20H36O3S/c1-2-3-4-7-10-14-24-15-13-19-17-23-16-18(19)11-8-5-6-9-12-20(21)22/h10,14,18-19H,2-9,11-13,15-17H2,1H3,(H,21,22)/b14-10+. The van der Waals surface area contributed by atoms with Gasteiger partial charge in [-0.05, 0) is 55.1 Å². The van der Waals surface area contributed by atoms with Crippen LogP contribution < -0.4 is 0 Å². The van der Waals surface area contributed by atoms with E-state index in [-0.39, 0.29) is 0 Å². The molecule has 0 spiro atoms. The Kier molecular flexibility index (Phi) is 13.3. The third-order valence-electron chi connectivity index (χ3n) is 4.82. The van der Waals surface area contributed by atoms with Gasteiger partial charge in [-0.15, -0.1) is 11.8 Å². The Morgan fingerprint density at radius 1 is 1.08 bits per heavy atom. The molecule has 1 N–H and O–H groups in total. The van der Waals surface area contributed by atoms with Gasteiger partial charge >= 0.3 is 5.97 Å². The fourth-order valence-corrected chi connectivity index (χ4v) is 4.10. The van der Waals surface area contributed by atoms with E-state index in [9.17, 15) is 4.79 Å². The highest BCUT2D eigenvalue weighted by atomic mass is 32.2. The number of carboxylic acid groups (broad SMARTS) is 1. The molecule has 0 radical (unpaired) electrons. The number of carbonyl (C=O) groups is 1. The molecule has 2 unspecified atom stereocenters. The quantitative estimate of drug-likeness (QED) is 0.372. The van der Waals surface area contributed by atoms with Gasteiger partial charge in [-0.3, -0.25) is 4.79 Å². The Balaban J connectivity index is 2.01. The van der Waals surface area contributed by atoms with Crippen molar-refractivity contribution in [1.29, 1.82) is 0 Å². The number of aliphatic carboxylic acids is 1. The van der Waals surface area contributed by atoms with Crippen molar-refractivity contribution in [2.45, 2.75) is 77.6 Å². The van der Waals surface area contributed by atoms with E-state index in [1.165, 1.54) is 50.7 Å². The fraction of sp³-hybridized carbons (Fsp3) is 0.850. The minimum atomic E-state index is -0.670. The van der Waals surface area contributed by atoms with Crippen LogP contribution in [0.3, 0.4) is 0 Å². The van der Waals surface area contributed by atoms with E-state index in [0.29, 0.717) is 6.42 Å². The zero-order valence-corrected chi connectivity index (χ0v) is 16.2. The highest BCUT2D eigenvalue weighted by Gasteiger charge is 2.26. The number of hydrogen-bond acceptors (Lipinski definition) is 3. The van der Waals surface area contributed by atoms with Crippen LogP contribution in [-0.2, 0) is 9.53 Å². The molecule has 1 aliphatic rings. The van der Waals surface area contributed by atoms with Crippen molar-refractivity contribution in [2.75, 3.05) is 19.0 Å². The molecule has 0 aromatic carbocycles. The topological polar surface area (TPSA) is 46.5 Å². The Bertz CT molecular complexity index is 344. The van der Waals surface area contributed by atoms with Crippen LogP contribution in [0.5, 0.6) is 0 Å². The van der Waals surface area contributed by atoms with Crippen LogP contribution in [0.4, 0.5) is 0 Å². The van der Waals surface area contributed by atoms with Crippen LogP contribution in [0.1, 0.15) is 77.6 Å². The second-order valence-corrected chi connectivity index (χ2v) is 7.95. The highest BCUT2D eigenvalue weighted by Crippen LogP contribution is 2.30. The molecular formula is C20H36O3S. The van der Waals surface area contributed by atoms with E-state index in [1.807, 2.05) is 11.8 Å². The molecular weight excluding hydrogens is 320 g/mol. The summed E-state index contributed by atoms with van der Waals surface area (Å²) in [5.41, 5.74) is 0. The van der Waals surface area contributed by atoms with Gasteiger partial charge in [-0.2, -0.15) is 0 Å². The van der Waals surface area contributed by atoms with Crippen LogP contribution >= 0.6 is 11.8 Å². The monoisotopic (exact) mass is 356 g/mol. The minimum Gasteiger partial charge on any atom is -0.481 e. The van der Waals surface area contributed by atoms with Gasteiger partial charge in [0.2, 0.25) is 0 Å². The van der Waals surface area contributed by atoms with E-state index in [4.69, 9.17) is 9.84 Å². The molecule has 0 saturated carbocycles. The summed E-state index contributed by atoms with van der Waals surface area (Å²) >= 11 is 1.95. The van der Waals surface area contributed by atoms with Crippen molar-refractivity contribution in [3.8, 4) is 0 Å². The Morgan fingerprint density at radius 2 is 1.83 bits per heavy atom. The SMILES string of the molecule is CCCCC/C=C/SCCC1COCC1CCCCCCC(=O)O. The molecule has 1 aliphatic heterocycles. The van der Waals surface area contributed by atoms with E-state index < -0.39 is 5.97 Å². The van der Waals surface area contributed by atoms with Gasteiger partial charge in [0.05, 0.1) is 0 Å². The summed E-state index contributed by atoms with van der Waals surface area (Å²) < 4.78 is 5.70. The summed E-state index contributed by atoms with van der Waals surface area (Å²) in [6.07, 6.45) is 14.6. The first-order valence-corrected chi connectivity index (χ1v) is 10.8. The molecule has 0 amide bonds. The molecule has 1 fully saturated rings. The molecule has 4 heteroatoms. The lowest BCUT2D eigenvalue weighted by Crippen LogP contribution is -2.13. The molecule has 0 aliphatic carbocycles. The molecule has 24 heavy (non-hydrogen) atoms. The third kappa shape index (κ3) is 11.1. The number of allylic oxidation sites excluding steroid dienone is 1. The van der Waals surface area contributed by atoms with Crippen molar-refractivity contribution < 1.29 is 14.6 Å². The molecule has 2 atom stereocenters. The Hall–Kier alpha value is -0.480. The summed E-state index contributed by atoms with van der Waals surface area (Å²) in [4.78, 5) is 10.5. The lowest BCUT2D eigenvalue weighted by Gasteiger charge is -2.16. The number of unbranched alkanes of at least 4 members (excludes halogenated alkanes) is 6. The van der Waals surface area contributed by atoms with E-state index in [0.717, 1.165) is 44.3 Å². The van der Waals surface area contributed by atoms with Gasteiger partial charge in [0, 0.05) is 19.6 Å². The van der Waals surface area contributed by atoms with Gasteiger partial charge in [0.1, 0.15) is 0 Å². The first-order chi connectivity index (χ1) is 11.7. The summed E-state index contributed by atoms with van der Waals surface area (Å²) in [6.45, 7) is 4.11. The molecule has 1 rings (SSSR count). The first-order valence-electron chi connectivity index (χ1n) is 9.80. The molecule has 0 aromatic heterocycles. The molecule has 140 valence electrons. The van der Waals surface area contributed by atoms with E-state index in [2.05, 4.69) is 18.4 Å². The zero-order valence-electron chi connectivity index (χ0n) is 15.4. The largest absolute Gasteiger partial charge is 0.481 e. The maximum Gasteiger partial charge on any atom is 0.303 e. The fourth-order valence-electron chi connectivity index (χ4n) is 3.25. The number of thioether (sulfide) groups is 1. The van der Waals surface area contributed by atoms with Crippen molar-refractivity contribution in [2.24, 2.45) is 11.8 Å². The Morgan fingerprint density at radius 3 is 2.58 bits per heavy atom. The third-order valence-corrected chi connectivity index (χ3v) is 5.68. The van der Waals surface area contributed by atoms with Crippen LogP contribution in [0, 0.1) is 11.8 Å². The van der Waals surface area contributed by atoms with Crippen LogP contribution in [0.15, 0.2) is 11.5 Å². The average Bonchev–Trinajstić information content (AvgIpc) is 3.00. The maximum atomic E-state index is 10.5. The number of ether oxygens (including phenoxy) is 1. The second-order valence-electron chi connectivity index (χ2n) is 6.93. The second kappa shape index (κ2) is 14.8. The van der Waals surface area contributed by atoms with Crippen molar-refractivity contribution >= 4 is 17.7 Å². The summed E-state index contributed by atoms with van der Waals surface area (Å²) in [6, 6.07) is 0. The van der Waals surface area contributed by atoms with Crippen molar-refractivity contribution in [1.82, 2.24) is 0 Å². The van der Waals surface area contributed by atoms with Crippen molar-refractivity contribution in [3.63, 3.8) is 0 Å². The minimum absolute atomic E-state index is 0.318. The van der Waals surface area contributed by atoms with E-state index in [1.54, 1.807) is 0 Å². The van der Waals surface area contributed by atoms with E-state index >= 15 is 0 Å². The number of hydrogen-bond donors (Lipinski definition) is 1. The smallest absolute Gasteiger partial charge is 0.303 e. The lowest BCUT2D eigenvalue weighted by atomic mass is 9.89. The van der Waals surface area contributed by atoms with Gasteiger partial charge in [0.15, 0.2) is 0 Å². The normalized spacial score (nSPS) is 20.9. The molecule has 0 bridgehead atoms. The van der Waals surface area contributed by atoms with Crippen LogP contribution in [-0.4, -0.2) is 30.0 Å². The molecule has 1 heterocycles. The summed E-state index contributed by atoms with van der Waals surface area (Å²) in [7, 11) is 0. The summed E-state index contributed by atoms with van der Waals surface area (Å²) in [5.74, 6) is 1.98. The lowest BCUT2D eigenvalue weighted by molar-refractivity contribution is -0.137. The van der Waals surface area contributed by atoms with Gasteiger partial charge in [-0.1, -0.05) is 45.1 Å². The van der Waals surface area contributed by atoms with Gasteiger partial charge in [-0.25, -0.2) is 0 Å². The highest BCUT2D eigenvalue weighted by molar-refractivity contribution is 8.02. The van der Waals surface area contributed by atoms with Gasteiger partial charge < -0.3 is 9.84 Å². The van der Waals surface area contributed by atoms with Gasteiger partial charge in [0.25, 0.3) is 0 Å². The predicted molar refractivity (Wildman–Crippen MR) is 103 cm³/mol.